The summed E-state index contributed by atoms with van der Waals surface area (Å²) in [7, 11) is 0. The lowest BCUT2D eigenvalue weighted by molar-refractivity contribution is -0.125. The molecule has 2 amide bonds. The first kappa shape index (κ1) is 21.9. The Morgan fingerprint density at radius 1 is 1.34 bits per heavy atom. The zero-order valence-electron chi connectivity index (χ0n) is 17.5. The number of rotatable bonds is 6. The van der Waals surface area contributed by atoms with Gasteiger partial charge in [-0.1, -0.05) is 17.4 Å². The Hall–Kier alpha value is -3.34. The van der Waals surface area contributed by atoms with Crippen molar-refractivity contribution < 1.29 is 14.0 Å². The lowest BCUT2D eigenvalue weighted by atomic mass is 9.97. The zero-order chi connectivity index (χ0) is 22.7. The number of carbonyl (C=O) groups is 2. The molecule has 3 aromatic rings. The van der Waals surface area contributed by atoms with Crippen LogP contribution in [0.5, 0.6) is 0 Å². The summed E-state index contributed by atoms with van der Waals surface area (Å²) in [6, 6.07) is 5.53. The van der Waals surface area contributed by atoms with E-state index in [-0.39, 0.29) is 23.9 Å². The number of anilines is 2. The van der Waals surface area contributed by atoms with Gasteiger partial charge in [0.1, 0.15) is 23.4 Å². The van der Waals surface area contributed by atoms with Gasteiger partial charge in [-0.25, -0.2) is 9.37 Å². The van der Waals surface area contributed by atoms with Crippen LogP contribution in [0, 0.1) is 11.7 Å². The van der Waals surface area contributed by atoms with Crippen molar-refractivity contribution in [3.63, 3.8) is 0 Å². The molecule has 0 aliphatic carbocycles. The van der Waals surface area contributed by atoms with E-state index in [1.807, 2.05) is 11.8 Å². The van der Waals surface area contributed by atoms with Crippen LogP contribution in [0.3, 0.4) is 0 Å². The normalized spacial score (nSPS) is 16.2. The Balaban J connectivity index is 1.50. The molecule has 168 valence electrons. The molecule has 0 radical (unpaired) electrons. The van der Waals surface area contributed by atoms with Gasteiger partial charge in [-0.05, 0) is 38.0 Å². The van der Waals surface area contributed by atoms with Gasteiger partial charge in [0.25, 0.3) is 5.56 Å². The Morgan fingerprint density at radius 3 is 2.97 bits per heavy atom. The Kier molecular flexibility index (Phi) is 6.45. The van der Waals surface area contributed by atoms with Crippen molar-refractivity contribution in [2.24, 2.45) is 5.92 Å². The standard InChI is InChI=1S/C21H23FN6O3S/c1-2-23-19(30)13-5-4-8-27(10-13)21-26-18-17(32-21)20(31)28(12-24-18)11-16(29)25-15-7-3-6-14(22)9-15/h3,6-7,9,12-13H,2,4-5,8,10-11H2,1H3,(H,23,30)(H,25,29)/t13-/m1/s1. The number of nitrogens with one attached hydrogen (secondary N) is 2. The number of hydrogen-bond donors (Lipinski definition) is 2. The minimum absolute atomic E-state index is 0.0306. The number of amides is 2. The van der Waals surface area contributed by atoms with Crippen LogP contribution in [0.2, 0.25) is 0 Å². The summed E-state index contributed by atoms with van der Waals surface area (Å²) in [4.78, 5) is 48.1. The molecule has 9 nitrogen and oxygen atoms in total. The predicted octanol–water partition coefficient (Wildman–Crippen LogP) is 1.98. The van der Waals surface area contributed by atoms with Crippen molar-refractivity contribution in [2.45, 2.75) is 26.3 Å². The van der Waals surface area contributed by atoms with Gasteiger partial charge in [-0.2, -0.15) is 4.98 Å². The Morgan fingerprint density at radius 2 is 2.19 bits per heavy atom. The average Bonchev–Trinajstić information content (AvgIpc) is 3.21. The van der Waals surface area contributed by atoms with Crippen LogP contribution in [0.25, 0.3) is 10.3 Å². The maximum Gasteiger partial charge on any atom is 0.273 e. The van der Waals surface area contributed by atoms with E-state index in [0.717, 1.165) is 19.4 Å². The first-order chi connectivity index (χ1) is 15.4. The summed E-state index contributed by atoms with van der Waals surface area (Å²) in [5.74, 6) is -1.02. The van der Waals surface area contributed by atoms with Crippen LogP contribution in [-0.4, -0.2) is 46.0 Å². The second-order valence-corrected chi connectivity index (χ2v) is 8.54. The maximum absolute atomic E-state index is 13.3. The van der Waals surface area contributed by atoms with Crippen LogP contribution < -0.4 is 21.1 Å². The topological polar surface area (TPSA) is 109 Å². The minimum atomic E-state index is -0.468. The molecule has 1 saturated heterocycles. The molecule has 0 unspecified atom stereocenters. The molecule has 0 saturated carbocycles. The predicted molar refractivity (Wildman–Crippen MR) is 120 cm³/mol. The fourth-order valence-corrected chi connectivity index (χ4v) is 4.69. The van der Waals surface area contributed by atoms with E-state index in [1.165, 1.54) is 40.4 Å². The highest BCUT2D eigenvalue weighted by atomic mass is 32.1. The second-order valence-electron chi connectivity index (χ2n) is 7.57. The number of nitrogens with zero attached hydrogens (tertiary/aromatic N) is 4. The first-order valence-corrected chi connectivity index (χ1v) is 11.2. The van der Waals surface area contributed by atoms with E-state index in [1.54, 1.807) is 6.07 Å². The third-order valence-electron chi connectivity index (χ3n) is 5.21. The van der Waals surface area contributed by atoms with E-state index in [9.17, 15) is 18.8 Å². The van der Waals surface area contributed by atoms with Gasteiger partial charge in [0.2, 0.25) is 11.8 Å². The van der Waals surface area contributed by atoms with E-state index in [0.29, 0.717) is 34.3 Å². The Labute approximate surface area is 187 Å². The van der Waals surface area contributed by atoms with Gasteiger partial charge in [0.05, 0.1) is 5.92 Å². The monoisotopic (exact) mass is 458 g/mol. The molecular formula is C21H23FN6O3S. The quantitative estimate of drug-likeness (QED) is 0.585. The maximum atomic E-state index is 13.3. The van der Waals surface area contributed by atoms with Gasteiger partial charge in [-0.3, -0.25) is 19.0 Å². The number of halogens is 1. The van der Waals surface area contributed by atoms with Crippen LogP contribution in [0.1, 0.15) is 19.8 Å². The smallest absolute Gasteiger partial charge is 0.273 e. The number of piperidine rings is 1. The SMILES string of the molecule is CCNC(=O)[C@@H]1CCCN(c2nc3ncn(CC(=O)Nc4cccc(F)c4)c(=O)c3s2)C1. The third kappa shape index (κ3) is 4.77. The van der Waals surface area contributed by atoms with Crippen molar-refractivity contribution >= 4 is 44.3 Å². The number of fused-ring (bicyclic) bond motifs is 1. The molecule has 32 heavy (non-hydrogen) atoms. The van der Waals surface area contributed by atoms with E-state index < -0.39 is 11.7 Å². The summed E-state index contributed by atoms with van der Waals surface area (Å²) >= 11 is 1.21. The highest BCUT2D eigenvalue weighted by Gasteiger charge is 2.27. The summed E-state index contributed by atoms with van der Waals surface area (Å²) in [5.41, 5.74) is 0.256. The average molecular weight is 459 g/mol. The molecule has 2 aromatic heterocycles. The molecule has 1 aliphatic heterocycles. The molecule has 4 rings (SSSR count). The zero-order valence-corrected chi connectivity index (χ0v) is 18.3. The molecule has 1 fully saturated rings. The third-order valence-corrected chi connectivity index (χ3v) is 6.30. The summed E-state index contributed by atoms with van der Waals surface area (Å²) in [6.07, 6.45) is 2.96. The number of carbonyl (C=O) groups excluding carboxylic acids is 2. The molecule has 0 bridgehead atoms. The lowest BCUT2D eigenvalue weighted by Gasteiger charge is -2.31. The van der Waals surface area contributed by atoms with Crippen LogP contribution in [0.4, 0.5) is 15.2 Å². The summed E-state index contributed by atoms with van der Waals surface area (Å²) < 4.78 is 14.8. The van der Waals surface area contributed by atoms with Gasteiger partial charge in [-0.15, -0.1) is 0 Å². The molecule has 1 aliphatic rings. The second kappa shape index (κ2) is 9.43. The lowest BCUT2D eigenvalue weighted by Crippen LogP contribution is -2.43. The Bertz CT molecular complexity index is 1210. The van der Waals surface area contributed by atoms with Crippen LogP contribution >= 0.6 is 11.3 Å². The van der Waals surface area contributed by atoms with Crippen molar-refractivity contribution in [1.82, 2.24) is 19.9 Å². The van der Waals surface area contributed by atoms with E-state index in [2.05, 4.69) is 20.6 Å². The fraction of sp³-hybridized carbons (Fsp3) is 0.381. The largest absolute Gasteiger partial charge is 0.356 e. The van der Waals surface area contributed by atoms with Crippen LogP contribution in [0.15, 0.2) is 35.4 Å². The molecule has 0 spiro atoms. The minimum Gasteiger partial charge on any atom is -0.356 e. The number of hydrogen-bond acceptors (Lipinski definition) is 7. The number of aromatic nitrogens is 3. The van der Waals surface area contributed by atoms with Crippen LogP contribution in [-0.2, 0) is 16.1 Å². The van der Waals surface area contributed by atoms with Crippen molar-refractivity contribution in [2.75, 3.05) is 29.9 Å². The molecule has 1 aromatic carbocycles. The highest BCUT2D eigenvalue weighted by molar-refractivity contribution is 7.22. The fourth-order valence-electron chi connectivity index (χ4n) is 3.69. The number of thiazole rings is 1. The number of benzene rings is 1. The molecule has 2 N–H and O–H groups in total. The van der Waals surface area contributed by atoms with Crippen molar-refractivity contribution in [3.8, 4) is 0 Å². The highest BCUT2D eigenvalue weighted by Crippen LogP contribution is 2.29. The molecule has 3 heterocycles. The van der Waals surface area contributed by atoms with Gasteiger partial charge in [0.15, 0.2) is 10.8 Å². The molecular weight excluding hydrogens is 435 g/mol. The van der Waals surface area contributed by atoms with E-state index in [4.69, 9.17) is 0 Å². The summed E-state index contributed by atoms with van der Waals surface area (Å²) in [5, 5.41) is 6.07. The van der Waals surface area contributed by atoms with Gasteiger partial charge in [0, 0.05) is 25.3 Å². The van der Waals surface area contributed by atoms with Gasteiger partial charge >= 0.3 is 0 Å². The van der Waals surface area contributed by atoms with Gasteiger partial charge < -0.3 is 15.5 Å². The van der Waals surface area contributed by atoms with E-state index >= 15 is 0 Å². The molecule has 1 atom stereocenters. The summed E-state index contributed by atoms with van der Waals surface area (Å²) in [6.45, 7) is 3.51. The molecule has 11 heteroatoms. The van der Waals surface area contributed by atoms with Crippen molar-refractivity contribution in [3.05, 3.63) is 46.8 Å². The van der Waals surface area contributed by atoms with Crippen molar-refractivity contribution in [1.29, 1.82) is 0 Å². The first-order valence-electron chi connectivity index (χ1n) is 10.4.